The molecule has 0 radical (unpaired) electrons. The molecule has 0 aromatic carbocycles. The number of rotatable bonds is 7. The zero-order valence-corrected chi connectivity index (χ0v) is 9.21. The van der Waals surface area contributed by atoms with E-state index in [1.807, 2.05) is 0 Å². The van der Waals surface area contributed by atoms with Gasteiger partial charge >= 0.3 is 5.97 Å². The fourth-order valence-electron chi connectivity index (χ4n) is 0.956. The van der Waals surface area contributed by atoms with Crippen molar-refractivity contribution in [1.29, 1.82) is 0 Å². The maximum Gasteiger partial charge on any atom is 0.351 e. The number of nitrogens with zero attached hydrogens (tertiary/aromatic N) is 1. The van der Waals surface area contributed by atoms with Crippen molar-refractivity contribution in [3.8, 4) is 0 Å². The SMILES string of the molecule is CCC(C)CCCN/N=C(/C)C(=O)O. The third-order valence-electron chi connectivity index (χ3n) is 2.24. The van der Waals surface area contributed by atoms with Gasteiger partial charge in [0.15, 0.2) is 0 Å². The number of hydrogen-bond donors (Lipinski definition) is 2. The molecule has 1 unspecified atom stereocenters. The molecule has 0 amide bonds. The van der Waals surface area contributed by atoms with Gasteiger partial charge in [-0.25, -0.2) is 4.79 Å². The average Bonchev–Trinajstić information content (AvgIpc) is 2.16. The second kappa shape index (κ2) is 7.35. The molecular formula is C10H20N2O2. The van der Waals surface area contributed by atoms with Crippen LogP contribution in [0, 0.1) is 5.92 Å². The van der Waals surface area contributed by atoms with Gasteiger partial charge in [0.25, 0.3) is 0 Å². The number of carboxylic acids is 1. The van der Waals surface area contributed by atoms with Crippen LogP contribution >= 0.6 is 0 Å². The Balaban J connectivity index is 3.47. The lowest BCUT2D eigenvalue weighted by atomic mass is 10.0. The highest BCUT2D eigenvalue weighted by atomic mass is 16.4. The molecule has 0 saturated carbocycles. The van der Waals surface area contributed by atoms with Gasteiger partial charge < -0.3 is 10.5 Å². The number of aliphatic carboxylic acids is 1. The summed E-state index contributed by atoms with van der Waals surface area (Å²) in [6.45, 7) is 6.61. The molecule has 0 aliphatic carbocycles. The van der Waals surface area contributed by atoms with Crippen molar-refractivity contribution >= 4 is 11.7 Å². The lowest BCUT2D eigenvalue weighted by Gasteiger charge is -2.07. The first-order valence-electron chi connectivity index (χ1n) is 5.08. The summed E-state index contributed by atoms with van der Waals surface area (Å²) in [5.41, 5.74) is 2.86. The first-order valence-corrected chi connectivity index (χ1v) is 5.08. The highest BCUT2D eigenvalue weighted by Gasteiger charge is 2.00. The Kier molecular flexibility index (Phi) is 6.80. The van der Waals surface area contributed by atoms with E-state index >= 15 is 0 Å². The second-order valence-electron chi connectivity index (χ2n) is 3.57. The van der Waals surface area contributed by atoms with Crippen LogP contribution in [0.15, 0.2) is 5.10 Å². The number of nitrogens with one attached hydrogen (secondary N) is 1. The molecule has 4 nitrogen and oxygen atoms in total. The Morgan fingerprint density at radius 1 is 1.57 bits per heavy atom. The summed E-state index contributed by atoms with van der Waals surface area (Å²) < 4.78 is 0. The Hall–Kier alpha value is -1.06. The van der Waals surface area contributed by atoms with E-state index in [0.717, 1.165) is 25.3 Å². The molecule has 0 heterocycles. The van der Waals surface area contributed by atoms with E-state index in [2.05, 4.69) is 24.4 Å². The minimum Gasteiger partial charge on any atom is -0.477 e. The Labute approximate surface area is 85.4 Å². The van der Waals surface area contributed by atoms with E-state index in [1.165, 1.54) is 13.3 Å². The maximum absolute atomic E-state index is 10.3. The van der Waals surface area contributed by atoms with Gasteiger partial charge in [-0.2, -0.15) is 5.10 Å². The predicted octanol–water partition coefficient (Wildman–Crippen LogP) is 1.86. The first-order chi connectivity index (χ1) is 6.57. The van der Waals surface area contributed by atoms with Crippen LogP contribution in [0.4, 0.5) is 0 Å². The molecule has 0 aliphatic rings. The third-order valence-corrected chi connectivity index (χ3v) is 2.24. The van der Waals surface area contributed by atoms with Gasteiger partial charge in [0, 0.05) is 6.54 Å². The van der Waals surface area contributed by atoms with Crippen molar-refractivity contribution in [2.45, 2.75) is 40.0 Å². The normalized spacial score (nSPS) is 13.8. The molecule has 0 aromatic rings. The van der Waals surface area contributed by atoms with Gasteiger partial charge in [-0.15, -0.1) is 0 Å². The lowest BCUT2D eigenvalue weighted by molar-refractivity contribution is -0.129. The van der Waals surface area contributed by atoms with Crippen LogP contribution in [0.1, 0.15) is 40.0 Å². The summed E-state index contributed by atoms with van der Waals surface area (Å²) in [7, 11) is 0. The molecule has 4 heteroatoms. The van der Waals surface area contributed by atoms with Gasteiger partial charge in [-0.1, -0.05) is 20.3 Å². The molecule has 14 heavy (non-hydrogen) atoms. The second-order valence-corrected chi connectivity index (χ2v) is 3.57. The number of carbonyl (C=O) groups is 1. The molecule has 82 valence electrons. The summed E-state index contributed by atoms with van der Waals surface area (Å²) in [6.07, 6.45) is 3.38. The van der Waals surface area contributed by atoms with E-state index in [4.69, 9.17) is 5.11 Å². The van der Waals surface area contributed by atoms with Crippen molar-refractivity contribution in [3.05, 3.63) is 0 Å². The Bertz CT molecular complexity index is 202. The highest BCUT2D eigenvalue weighted by Crippen LogP contribution is 2.07. The van der Waals surface area contributed by atoms with Crippen molar-refractivity contribution in [1.82, 2.24) is 5.43 Å². The number of carboxylic acid groups (broad SMARTS) is 1. The Morgan fingerprint density at radius 2 is 2.21 bits per heavy atom. The molecule has 0 rings (SSSR count). The van der Waals surface area contributed by atoms with Gasteiger partial charge in [-0.3, -0.25) is 0 Å². The maximum atomic E-state index is 10.3. The third kappa shape index (κ3) is 6.46. The van der Waals surface area contributed by atoms with Crippen LogP contribution in [0.25, 0.3) is 0 Å². The van der Waals surface area contributed by atoms with Crippen molar-refractivity contribution in [2.24, 2.45) is 11.0 Å². The van der Waals surface area contributed by atoms with E-state index in [-0.39, 0.29) is 5.71 Å². The zero-order valence-electron chi connectivity index (χ0n) is 9.21. The summed E-state index contributed by atoms with van der Waals surface area (Å²) in [4.78, 5) is 10.3. The fraction of sp³-hybridized carbons (Fsp3) is 0.800. The van der Waals surface area contributed by atoms with E-state index in [1.54, 1.807) is 0 Å². The topological polar surface area (TPSA) is 61.7 Å². The van der Waals surface area contributed by atoms with E-state index < -0.39 is 5.97 Å². The molecule has 2 N–H and O–H groups in total. The van der Waals surface area contributed by atoms with Crippen molar-refractivity contribution in [2.75, 3.05) is 6.54 Å². The largest absolute Gasteiger partial charge is 0.477 e. The van der Waals surface area contributed by atoms with Gasteiger partial charge in [0.2, 0.25) is 0 Å². The lowest BCUT2D eigenvalue weighted by Crippen LogP contribution is -2.16. The van der Waals surface area contributed by atoms with Crippen LogP contribution in [0.2, 0.25) is 0 Å². The smallest absolute Gasteiger partial charge is 0.351 e. The molecule has 0 saturated heterocycles. The average molecular weight is 200 g/mol. The van der Waals surface area contributed by atoms with Crippen molar-refractivity contribution in [3.63, 3.8) is 0 Å². The number of hydrogen-bond acceptors (Lipinski definition) is 3. The minimum absolute atomic E-state index is 0.105. The summed E-state index contributed by atoms with van der Waals surface area (Å²) in [6, 6.07) is 0. The summed E-state index contributed by atoms with van der Waals surface area (Å²) in [5, 5.41) is 12.2. The van der Waals surface area contributed by atoms with Gasteiger partial charge in [0.1, 0.15) is 5.71 Å². The van der Waals surface area contributed by atoms with Crippen molar-refractivity contribution < 1.29 is 9.90 Å². The predicted molar refractivity (Wildman–Crippen MR) is 57.4 cm³/mol. The molecule has 1 atom stereocenters. The molecule has 0 bridgehead atoms. The molecule has 0 aromatic heterocycles. The van der Waals surface area contributed by atoms with Crippen LogP contribution in [0.3, 0.4) is 0 Å². The minimum atomic E-state index is -0.973. The summed E-state index contributed by atoms with van der Waals surface area (Å²) >= 11 is 0. The molecule has 0 spiro atoms. The molecule has 0 aliphatic heterocycles. The first kappa shape index (κ1) is 12.9. The Morgan fingerprint density at radius 3 is 2.71 bits per heavy atom. The van der Waals surface area contributed by atoms with Crippen LogP contribution < -0.4 is 5.43 Å². The highest BCUT2D eigenvalue weighted by molar-refractivity contribution is 6.34. The van der Waals surface area contributed by atoms with Gasteiger partial charge in [0.05, 0.1) is 0 Å². The van der Waals surface area contributed by atoms with Crippen LogP contribution in [0.5, 0.6) is 0 Å². The van der Waals surface area contributed by atoms with Gasteiger partial charge in [-0.05, 0) is 25.7 Å². The summed E-state index contributed by atoms with van der Waals surface area (Å²) in [5.74, 6) is -0.235. The quantitative estimate of drug-likeness (QED) is 0.374. The van der Waals surface area contributed by atoms with E-state index in [0.29, 0.717) is 0 Å². The monoisotopic (exact) mass is 200 g/mol. The van der Waals surface area contributed by atoms with Crippen LogP contribution in [-0.4, -0.2) is 23.3 Å². The van der Waals surface area contributed by atoms with Crippen LogP contribution in [-0.2, 0) is 4.79 Å². The number of hydrazone groups is 1. The molecular weight excluding hydrogens is 180 g/mol. The van der Waals surface area contributed by atoms with E-state index in [9.17, 15) is 4.79 Å². The standard InChI is InChI=1S/C10H20N2O2/c1-4-8(2)6-5-7-11-12-9(3)10(13)14/h8,11H,4-7H2,1-3H3,(H,13,14)/b12-9-. The fourth-order valence-corrected chi connectivity index (χ4v) is 0.956. The molecule has 0 fully saturated rings. The zero-order chi connectivity index (χ0) is 11.0.